The summed E-state index contributed by atoms with van der Waals surface area (Å²) in [6, 6.07) is 1.09. The highest BCUT2D eigenvalue weighted by Crippen LogP contribution is 2.37. The lowest BCUT2D eigenvalue weighted by Crippen LogP contribution is -2.39. The summed E-state index contributed by atoms with van der Waals surface area (Å²) in [6.45, 7) is 2.50. The van der Waals surface area contributed by atoms with Gasteiger partial charge in [-0.1, -0.05) is 24.7 Å². The van der Waals surface area contributed by atoms with E-state index in [4.69, 9.17) is 0 Å². The first-order chi connectivity index (χ1) is 9.44. The van der Waals surface area contributed by atoms with Crippen molar-refractivity contribution < 1.29 is 13.3 Å². The standard InChI is InChI=1S/C11H17N3O4S2/c1-2-6-12-11-9(14(15)16)7-10(19-11)20(17,18)13-8-4-3-5-8/h7-8,12-13H,2-6H2,1H3. The maximum absolute atomic E-state index is 12.1. The topological polar surface area (TPSA) is 101 Å². The molecule has 1 aliphatic rings. The molecule has 112 valence electrons. The fraction of sp³-hybridized carbons (Fsp3) is 0.636. The third-order valence-electron chi connectivity index (χ3n) is 3.11. The third kappa shape index (κ3) is 3.28. The Hall–Kier alpha value is -1.19. The molecule has 20 heavy (non-hydrogen) atoms. The molecule has 0 atom stereocenters. The van der Waals surface area contributed by atoms with Crippen LogP contribution in [0.25, 0.3) is 0 Å². The van der Waals surface area contributed by atoms with Crippen LogP contribution in [-0.4, -0.2) is 25.9 Å². The van der Waals surface area contributed by atoms with Gasteiger partial charge in [-0.25, -0.2) is 13.1 Å². The number of rotatable bonds is 7. The second-order valence-electron chi connectivity index (χ2n) is 4.71. The summed E-state index contributed by atoms with van der Waals surface area (Å²) in [6.07, 6.45) is 3.47. The van der Waals surface area contributed by atoms with Crippen LogP contribution < -0.4 is 10.0 Å². The normalized spacial score (nSPS) is 15.8. The minimum Gasteiger partial charge on any atom is -0.371 e. The van der Waals surface area contributed by atoms with Crippen molar-refractivity contribution in [2.75, 3.05) is 11.9 Å². The van der Waals surface area contributed by atoms with Crippen molar-refractivity contribution in [1.29, 1.82) is 0 Å². The molecule has 1 fully saturated rings. The van der Waals surface area contributed by atoms with Crippen LogP contribution in [0.2, 0.25) is 0 Å². The Morgan fingerprint density at radius 3 is 2.70 bits per heavy atom. The number of hydrogen-bond acceptors (Lipinski definition) is 6. The number of thiophene rings is 1. The van der Waals surface area contributed by atoms with E-state index >= 15 is 0 Å². The van der Waals surface area contributed by atoms with E-state index in [1.807, 2.05) is 6.92 Å². The average molecular weight is 319 g/mol. The van der Waals surface area contributed by atoms with Gasteiger partial charge in [0.1, 0.15) is 4.21 Å². The van der Waals surface area contributed by atoms with Crippen molar-refractivity contribution in [3.63, 3.8) is 0 Å². The second-order valence-corrected chi connectivity index (χ2v) is 7.71. The lowest BCUT2D eigenvalue weighted by Gasteiger charge is -2.25. The van der Waals surface area contributed by atoms with Gasteiger partial charge in [-0.05, 0) is 19.3 Å². The van der Waals surface area contributed by atoms with E-state index in [1.165, 1.54) is 0 Å². The van der Waals surface area contributed by atoms with Crippen LogP contribution in [0, 0.1) is 10.1 Å². The van der Waals surface area contributed by atoms with E-state index in [9.17, 15) is 18.5 Å². The summed E-state index contributed by atoms with van der Waals surface area (Å²) < 4.78 is 26.9. The minimum absolute atomic E-state index is 0.00490. The molecule has 1 saturated carbocycles. The van der Waals surface area contributed by atoms with Crippen LogP contribution in [0.3, 0.4) is 0 Å². The lowest BCUT2D eigenvalue weighted by atomic mass is 9.94. The molecule has 0 unspecified atom stereocenters. The number of nitro groups is 1. The van der Waals surface area contributed by atoms with E-state index in [0.717, 1.165) is 43.1 Å². The molecule has 0 spiro atoms. The van der Waals surface area contributed by atoms with Crippen LogP contribution in [-0.2, 0) is 10.0 Å². The zero-order valence-corrected chi connectivity index (χ0v) is 12.7. The molecular formula is C11H17N3O4S2. The molecule has 0 bridgehead atoms. The molecule has 7 nitrogen and oxygen atoms in total. The molecule has 1 aromatic rings. The van der Waals surface area contributed by atoms with Gasteiger partial charge in [-0.15, -0.1) is 0 Å². The minimum atomic E-state index is -3.66. The first kappa shape index (κ1) is 15.2. The van der Waals surface area contributed by atoms with Crippen molar-refractivity contribution in [3.05, 3.63) is 16.2 Å². The predicted molar refractivity (Wildman–Crippen MR) is 77.7 cm³/mol. The van der Waals surface area contributed by atoms with Gasteiger partial charge < -0.3 is 5.32 Å². The molecular weight excluding hydrogens is 302 g/mol. The summed E-state index contributed by atoms with van der Waals surface area (Å²) in [5, 5.41) is 14.2. The first-order valence-corrected chi connectivity index (χ1v) is 8.78. The Kier molecular flexibility index (Phi) is 4.61. The van der Waals surface area contributed by atoms with Gasteiger partial charge in [-0.2, -0.15) is 0 Å². The molecule has 1 heterocycles. The summed E-state index contributed by atoms with van der Waals surface area (Å²) in [7, 11) is -3.66. The predicted octanol–water partition coefficient (Wildman–Crippen LogP) is 2.31. The lowest BCUT2D eigenvalue weighted by molar-refractivity contribution is -0.383. The second kappa shape index (κ2) is 6.06. The Balaban J connectivity index is 2.24. The highest BCUT2D eigenvalue weighted by molar-refractivity contribution is 7.91. The van der Waals surface area contributed by atoms with Gasteiger partial charge in [0.05, 0.1) is 4.92 Å². The number of sulfonamides is 1. The summed E-state index contributed by atoms with van der Waals surface area (Å²) in [5.41, 5.74) is -0.183. The van der Waals surface area contributed by atoms with E-state index in [-0.39, 0.29) is 15.9 Å². The molecule has 2 N–H and O–H groups in total. The number of anilines is 1. The maximum atomic E-state index is 12.1. The van der Waals surface area contributed by atoms with E-state index in [2.05, 4.69) is 10.0 Å². The van der Waals surface area contributed by atoms with Crippen LogP contribution in [0.5, 0.6) is 0 Å². The van der Waals surface area contributed by atoms with Crippen LogP contribution in [0.15, 0.2) is 10.3 Å². The fourth-order valence-electron chi connectivity index (χ4n) is 1.80. The van der Waals surface area contributed by atoms with E-state index < -0.39 is 14.9 Å². The number of nitrogens with zero attached hydrogens (tertiary/aromatic N) is 1. The molecule has 2 rings (SSSR count). The molecule has 0 aliphatic heterocycles. The Morgan fingerprint density at radius 1 is 1.50 bits per heavy atom. The largest absolute Gasteiger partial charge is 0.371 e. The summed E-state index contributed by atoms with van der Waals surface area (Å²) >= 11 is 0.908. The van der Waals surface area contributed by atoms with Crippen molar-refractivity contribution in [3.8, 4) is 0 Å². The molecule has 1 aromatic heterocycles. The van der Waals surface area contributed by atoms with Gasteiger partial charge in [0.25, 0.3) is 10.0 Å². The molecule has 0 aromatic carbocycles. The highest BCUT2D eigenvalue weighted by Gasteiger charge is 2.29. The first-order valence-electron chi connectivity index (χ1n) is 6.48. The average Bonchev–Trinajstić information content (AvgIpc) is 2.76. The van der Waals surface area contributed by atoms with Gasteiger partial charge in [0, 0.05) is 18.7 Å². The van der Waals surface area contributed by atoms with Gasteiger partial charge in [0.2, 0.25) is 0 Å². The Labute approximate surface area is 121 Å². The van der Waals surface area contributed by atoms with Crippen molar-refractivity contribution in [2.45, 2.75) is 42.9 Å². The van der Waals surface area contributed by atoms with E-state index in [1.54, 1.807) is 0 Å². The number of nitrogens with one attached hydrogen (secondary N) is 2. The highest BCUT2D eigenvalue weighted by atomic mass is 32.2. The zero-order chi connectivity index (χ0) is 14.8. The van der Waals surface area contributed by atoms with Gasteiger partial charge in [0.15, 0.2) is 5.00 Å². The van der Waals surface area contributed by atoms with Crippen molar-refractivity contribution >= 4 is 32.0 Å². The van der Waals surface area contributed by atoms with Crippen LogP contribution in [0.1, 0.15) is 32.6 Å². The molecule has 0 saturated heterocycles. The quantitative estimate of drug-likeness (QED) is 0.593. The molecule has 0 radical (unpaired) electrons. The molecule has 1 aliphatic carbocycles. The van der Waals surface area contributed by atoms with Crippen molar-refractivity contribution in [2.24, 2.45) is 0 Å². The third-order valence-corrected chi connectivity index (χ3v) is 6.19. The monoisotopic (exact) mass is 319 g/mol. The molecule has 9 heteroatoms. The summed E-state index contributed by atoms with van der Waals surface area (Å²) in [4.78, 5) is 10.4. The van der Waals surface area contributed by atoms with Gasteiger partial charge >= 0.3 is 5.69 Å². The van der Waals surface area contributed by atoms with Crippen LogP contribution >= 0.6 is 11.3 Å². The SMILES string of the molecule is CCCNc1sc(S(=O)(=O)NC2CCC2)cc1[N+](=O)[O-]. The molecule has 0 amide bonds. The van der Waals surface area contributed by atoms with Crippen LogP contribution in [0.4, 0.5) is 10.7 Å². The fourth-order valence-corrected chi connectivity index (χ4v) is 4.47. The maximum Gasteiger partial charge on any atom is 0.304 e. The Morgan fingerprint density at radius 2 is 2.20 bits per heavy atom. The van der Waals surface area contributed by atoms with Crippen molar-refractivity contribution in [1.82, 2.24) is 4.72 Å². The van der Waals surface area contributed by atoms with Gasteiger partial charge in [-0.3, -0.25) is 10.1 Å². The smallest absolute Gasteiger partial charge is 0.304 e. The summed E-state index contributed by atoms with van der Waals surface area (Å²) in [5.74, 6) is 0. The number of hydrogen-bond donors (Lipinski definition) is 2. The zero-order valence-electron chi connectivity index (χ0n) is 11.1. The van der Waals surface area contributed by atoms with E-state index in [0.29, 0.717) is 11.5 Å². The Bertz CT molecular complexity index is 593.